The Hall–Kier alpha value is -3.29. The van der Waals surface area contributed by atoms with Crippen molar-refractivity contribution < 1.29 is 29.0 Å². The smallest absolute Gasteiger partial charge is 0.319 e. The van der Waals surface area contributed by atoms with Gasteiger partial charge in [0.15, 0.2) is 11.2 Å². The van der Waals surface area contributed by atoms with Crippen LogP contribution in [0, 0.1) is 16.6 Å². The highest BCUT2D eigenvalue weighted by Gasteiger charge is 2.49. The normalized spacial score (nSPS) is 25.6. The van der Waals surface area contributed by atoms with Gasteiger partial charge in [-0.25, -0.2) is 9.82 Å². The third kappa shape index (κ3) is 4.64. The second kappa shape index (κ2) is 8.68. The standard InChI is InChI=1S/C24H27FN2O5/c1-14-8-9-24(22(31)32,10-17(14)15-4-6-16(25)7-5-15)21(30)27-26-13-18-19(28)11-23(2,3)12-20(18)29/h4-8,13,17,28H,9-12H2,1-3H3,(H,27,30)(H,31,32)/b26-13-/t17-,24+/m1/s1. The molecule has 2 aliphatic carbocycles. The number of carbonyl (C=O) groups excluding carboxylic acids is 2. The van der Waals surface area contributed by atoms with Gasteiger partial charge in [-0.15, -0.1) is 0 Å². The lowest BCUT2D eigenvalue weighted by atomic mass is 9.68. The van der Waals surface area contributed by atoms with Crippen molar-refractivity contribution in [1.82, 2.24) is 5.43 Å². The molecule has 7 nitrogen and oxygen atoms in total. The second-order valence-corrected chi connectivity index (χ2v) is 9.35. The Morgan fingerprint density at radius 2 is 1.88 bits per heavy atom. The highest BCUT2D eigenvalue weighted by atomic mass is 19.1. The third-order valence-electron chi connectivity index (χ3n) is 6.25. The van der Waals surface area contributed by atoms with Gasteiger partial charge in [0.05, 0.1) is 11.8 Å². The topological polar surface area (TPSA) is 116 Å². The molecule has 0 unspecified atom stereocenters. The molecule has 3 N–H and O–H groups in total. The molecule has 1 aromatic carbocycles. The number of ketones is 1. The first-order valence-electron chi connectivity index (χ1n) is 10.4. The zero-order valence-electron chi connectivity index (χ0n) is 18.3. The van der Waals surface area contributed by atoms with Crippen molar-refractivity contribution in [3.8, 4) is 0 Å². The fourth-order valence-corrected chi connectivity index (χ4v) is 4.31. The molecule has 8 heteroatoms. The monoisotopic (exact) mass is 442 g/mol. The van der Waals surface area contributed by atoms with E-state index in [0.29, 0.717) is 12.0 Å². The lowest BCUT2D eigenvalue weighted by Gasteiger charge is -2.35. The minimum Gasteiger partial charge on any atom is -0.511 e. The Morgan fingerprint density at radius 1 is 1.22 bits per heavy atom. The summed E-state index contributed by atoms with van der Waals surface area (Å²) < 4.78 is 13.3. The highest BCUT2D eigenvalue weighted by molar-refractivity contribution is 6.14. The van der Waals surface area contributed by atoms with E-state index >= 15 is 0 Å². The number of amides is 1. The summed E-state index contributed by atoms with van der Waals surface area (Å²) in [4.78, 5) is 37.4. The van der Waals surface area contributed by atoms with Crippen molar-refractivity contribution in [3.63, 3.8) is 0 Å². The number of aliphatic hydroxyl groups is 1. The number of nitrogens with zero attached hydrogens (tertiary/aromatic N) is 1. The Kier molecular flexibility index (Phi) is 6.34. The lowest BCUT2D eigenvalue weighted by Crippen LogP contribution is -2.47. The number of nitrogens with one attached hydrogen (secondary N) is 1. The van der Waals surface area contributed by atoms with Crippen LogP contribution in [-0.2, 0) is 14.4 Å². The van der Waals surface area contributed by atoms with Crippen LogP contribution in [0.15, 0.2) is 52.3 Å². The molecule has 3 rings (SSSR count). The zero-order chi connectivity index (χ0) is 23.7. The van der Waals surface area contributed by atoms with Gasteiger partial charge in [-0.1, -0.05) is 37.6 Å². The number of aliphatic hydroxyl groups excluding tert-OH is 1. The average Bonchev–Trinajstić information content (AvgIpc) is 2.70. The number of hydrogen-bond donors (Lipinski definition) is 3. The van der Waals surface area contributed by atoms with Crippen LogP contribution in [-0.4, -0.2) is 34.1 Å². The number of aliphatic carboxylic acids is 1. The number of halogens is 1. The Morgan fingerprint density at radius 3 is 2.47 bits per heavy atom. The van der Waals surface area contributed by atoms with E-state index in [0.717, 1.165) is 11.8 Å². The summed E-state index contributed by atoms with van der Waals surface area (Å²) in [6.45, 7) is 5.58. The summed E-state index contributed by atoms with van der Waals surface area (Å²) in [7, 11) is 0. The van der Waals surface area contributed by atoms with Crippen molar-refractivity contribution >= 4 is 23.9 Å². The third-order valence-corrected chi connectivity index (χ3v) is 6.25. The van der Waals surface area contributed by atoms with E-state index in [-0.39, 0.29) is 47.7 Å². The van der Waals surface area contributed by atoms with Crippen molar-refractivity contribution in [1.29, 1.82) is 0 Å². The number of Topliss-reactive ketones (excluding diaryl/α,β-unsaturated/α-hetero) is 1. The molecule has 0 radical (unpaired) electrons. The maximum Gasteiger partial charge on any atom is 0.319 e. The maximum absolute atomic E-state index is 13.3. The average molecular weight is 442 g/mol. The molecule has 2 atom stereocenters. The predicted molar refractivity (Wildman–Crippen MR) is 117 cm³/mol. The number of hydrogen-bond acceptors (Lipinski definition) is 5. The number of allylic oxidation sites excluding steroid dienone is 4. The summed E-state index contributed by atoms with van der Waals surface area (Å²) in [6.07, 6.45) is 3.27. The van der Waals surface area contributed by atoms with Crippen LogP contribution < -0.4 is 5.43 Å². The molecule has 0 saturated carbocycles. The van der Waals surface area contributed by atoms with Crippen LogP contribution in [0.4, 0.5) is 4.39 Å². The minimum atomic E-state index is -1.77. The molecule has 0 aliphatic heterocycles. The summed E-state index contributed by atoms with van der Waals surface area (Å²) in [6, 6.07) is 5.76. The SMILES string of the molecule is CC1=CC[C@@](C(=O)O)(C(=O)N/N=C\C2=C(O)CC(C)(C)CC2=O)C[C@H]1c1ccc(F)cc1. The molecule has 170 valence electrons. The Labute approximate surface area is 185 Å². The van der Waals surface area contributed by atoms with Gasteiger partial charge in [0, 0.05) is 18.8 Å². The zero-order valence-corrected chi connectivity index (χ0v) is 18.3. The van der Waals surface area contributed by atoms with Gasteiger partial charge in [0.1, 0.15) is 11.6 Å². The van der Waals surface area contributed by atoms with Gasteiger partial charge in [-0.3, -0.25) is 14.4 Å². The van der Waals surface area contributed by atoms with Crippen molar-refractivity contribution in [2.45, 2.75) is 52.4 Å². The summed E-state index contributed by atoms with van der Waals surface area (Å²) >= 11 is 0. The Bertz CT molecular complexity index is 1040. The number of benzene rings is 1. The minimum absolute atomic E-state index is 0.0116. The predicted octanol–water partition coefficient (Wildman–Crippen LogP) is 4.02. The van der Waals surface area contributed by atoms with E-state index in [1.165, 1.54) is 12.1 Å². The highest BCUT2D eigenvalue weighted by Crippen LogP contribution is 2.44. The van der Waals surface area contributed by atoms with Gasteiger partial charge >= 0.3 is 5.97 Å². The van der Waals surface area contributed by atoms with Crippen LogP contribution in [0.1, 0.15) is 57.9 Å². The van der Waals surface area contributed by atoms with Gasteiger partial charge < -0.3 is 10.2 Å². The quantitative estimate of drug-likeness (QED) is 0.276. The van der Waals surface area contributed by atoms with Gasteiger partial charge in [-0.2, -0.15) is 5.10 Å². The van der Waals surface area contributed by atoms with Crippen LogP contribution in [0.3, 0.4) is 0 Å². The second-order valence-electron chi connectivity index (χ2n) is 9.35. The Balaban J connectivity index is 1.81. The molecule has 0 heterocycles. The van der Waals surface area contributed by atoms with E-state index in [1.807, 2.05) is 20.8 Å². The number of carboxylic acids is 1. The van der Waals surface area contributed by atoms with Gasteiger partial charge in [0.25, 0.3) is 5.91 Å². The van der Waals surface area contributed by atoms with Crippen molar-refractivity contribution in [3.05, 3.63) is 58.6 Å². The maximum atomic E-state index is 13.3. The molecule has 2 aliphatic rings. The van der Waals surface area contributed by atoms with Crippen molar-refractivity contribution in [2.75, 3.05) is 0 Å². The van der Waals surface area contributed by atoms with Crippen LogP contribution in [0.25, 0.3) is 0 Å². The number of carbonyl (C=O) groups is 3. The first-order valence-corrected chi connectivity index (χ1v) is 10.4. The molecular weight excluding hydrogens is 415 g/mol. The molecule has 1 amide bonds. The largest absolute Gasteiger partial charge is 0.511 e. The van der Waals surface area contributed by atoms with E-state index in [1.54, 1.807) is 18.2 Å². The van der Waals surface area contributed by atoms with Gasteiger partial charge in [0.2, 0.25) is 0 Å². The summed E-state index contributed by atoms with van der Waals surface area (Å²) in [5, 5.41) is 23.9. The fourth-order valence-electron chi connectivity index (χ4n) is 4.31. The molecule has 0 spiro atoms. The first-order chi connectivity index (χ1) is 14.9. The van der Waals surface area contributed by atoms with E-state index < -0.39 is 23.1 Å². The molecular formula is C24H27FN2O5. The summed E-state index contributed by atoms with van der Waals surface area (Å²) in [5.74, 6) is -3.29. The van der Waals surface area contributed by atoms with E-state index in [9.17, 15) is 29.0 Å². The molecule has 1 aromatic rings. The lowest BCUT2D eigenvalue weighted by molar-refractivity contribution is -0.157. The number of rotatable bonds is 5. The first kappa shape index (κ1) is 23.4. The van der Waals surface area contributed by atoms with Crippen LogP contribution >= 0.6 is 0 Å². The summed E-state index contributed by atoms with van der Waals surface area (Å²) in [5.41, 5.74) is 1.73. The number of carboxylic acid groups (broad SMARTS) is 1. The number of hydrazone groups is 1. The van der Waals surface area contributed by atoms with Crippen molar-refractivity contribution in [2.24, 2.45) is 15.9 Å². The van der Waals surface area contributed by atoms with Crippen LogP contribution in [0.2, 0.25) is 0 Å². The van der Waals surface area contributed by atoms with Gasteiger partial charge in [-0.05, 0) is 42.9 Å². The van der Waals surface area contributed by atoms with E-state index in [2.05, 4.69) is 10.5 Å². The molecule has 0 aromatic heterocycles. The molecule has 32 heavy (non-hydrogen) atoms. The van der Waals surface area contributed by atoms with Crippen LogP contribution in [0.5, 0.6) is 0 Å². The fraction of sp³-hybridized carbons (Fsp3) is 0.417. The molecule has 0 bridgehead atoms. The molecule has 0 saturated heterocycles. The molecule has 0 fully saturated rings. The van der Waals surface area contributed by atoms with E-state index in [4.69, 9.17) is 0 Å².